The highest BCUT2D eigenvalue weighted by Crippen LogP contribution is 2.36. The van der Waals surface area contributed by atoms with Crippen LogP contribution in [-0.2, 0) is 20.7 Å². The Balaban J connectivity index is 2.15. The van der Waals surface area contributed by atoms with Gasteiger partial charge in [0.05, 0.1) is 10.7 Å². The molecule has 0 saturated carbocycles. The van der Waals surface area contributed by atoms with Crippen molar-refractivity contribution >= 4 is 35.2 Å². The van der Waals surface area contributed by atoms with Gasteiger partial charge < -0.3 is 30.5 Å². The lowest BCUT2D eigenvalue weighted by atomic mass is 9.93. The van der Waals surface area contributed by atoms with E-state index < -0.39 is 41.1 Å². The van der Waals surface area contributed by atoms with Gasteiger partial charge in [0.25, 0.3) is 5.91 Å². The average Bonchev–Trinajstić information content (AvgIpc) is 2.88. The van der Waals surface area contributed by atoms with Crippen LogP contribution in [0.25, 0.3) is 0 Å². The van der Waals surface area contributed by atoms with E-state index in [1.807, 2.05) is 0 Å². The third-order valence-electron chi connectivity index (χ3n) is 6.53. The maximum Gasteiger partial charge on any atom is 0.408 e. The van der Waals surface area contributed by atoms with Crippen molar-refractivity contribution in [3.05, 3.63) is 88.4 Å². The fraction of sp³-hybridized carbons (Fsp3) is 0.364. The molecule has 3 rings (SSSR count). The van der Waals surface area contributed by atoms with Crippen LogP contribution < -0.4 is 10.6 Å². The number of aromatic hydroxyl groups is 2. The Kier molecular flexibility index (Phi) is 10.3. The summed E-state index contributed by atoms with van der Waals surface area (Å²) in [6.45, 7) is 12.2. The molecule has 0 aliphatic rings. The minimum Gasteiger partial charge on any atom is -0.508 e. The van der Waals surface area contributed by atoms with Crippen molar-refractivity contribution < 1.29 is 29.3 Å². The number of halogens is 1. The van der Waals surface area contributed by atoms with Gasteiger partial charge in [-0.05, 0) is 83.9 Å². The molecule has 3 aromatic rings. The molecule has 0 bridgehead atoms. The summed E-state index contributed by atoms with van der Waals surface area (Å²) in [7, 11) is 0. The van der Waals surface area contributed by atoms with Crippen LogP contribution in [-0.4, -0.2) is 50.2 Å². The first-order valence-corrected chi connectivity index (χ1v) is 14.3. The van der Waals surface area contributed by atoms with Gasteiger partial charge in [0.2, 0.25) is 5.91 Å². The summed E-state index contributed by atoms with van der Waals surface area (Å²) in [4.78, 5) is 43.1. The highest BCUT2D eigenvalue weighted by molar-refractivity contribution is 6.34. The lowest BCUT2D eigenvalue weighted by Crippen LogP contribution is -2.58. The summed E-state index contributed by atoms with van der Waals surface area (Å²) in [5.41, 5.74) is 0.112. The normalized spacial score (nSPS) is 13.0. The van der Waals surface area contributed by atoms with Crippen molar-refractivity contribution in [2.75, 3.05) is 5.32 Å². The van der Waals surface area contributed by atoms with E-state index in [1.54, 1.807) is 97.0 Å². The van der Waals surface area contributed by atoms with Gasteiger partial charge in [-0.15, -0.1) is 0 Å². The van der Waals surface area contributed by atoms with Gasteiger partial charge in [0.1, 0.15) is 29.2 Å². The predicted molar refractivity (Wildman–Crippen MR) is 167 cm³/mol. The van der Waals surface area contributed by atoms with Crippen LogP contribution in [0.4, 0.5) is 10.5 Å². The number of nitrogens with zero attached hydrogens (tertiary/aromatic N) is 1. The van der Waals surface area contributed by atoms with Crippen molar-refractivity contribution in [1.29, 1.82) is 0 Å². The number of phenols is 2. The highest BCUT2D eigenvalue weighted by atomic mass is 35.5. The number of rotatable bonds is 8. The van der Waals surface area contributed by atoms with E-state index in [1.165, 1.54) is 23.1 Å². The molecule has 43 heavy (non-hydrogen) atoms. The van der Waals surface area contributed by atoms with E-state index in [9.17, 15) is 24.6 Å². The molecule has 0 aromatic heterocycles. The molecule has 0 spiro atoms. The SMILES string of the molecule is Cc1cccc(Cl)c1NC(=O)C(c1ccccc1O)N(C(=O)C(Cc1ccc(O)cc1)NC(=O)OC(C)(C)C)C(C)(C)C. The second kappa shape index (κ2) is 13.4. The van der Waals surface area contributed by atoms with Gasteiger partial charge in [0, 0.05) is 17.5 Å². The van der Waals surface area contributed by atoms with Crippen molar-refractivity contribution in [1.82, 2.24) is 10.2 Å². The number of ether oxygens (including phenoxy) is 1. The number of phenolic OH excluding ortho intramolecular Hbond substituents is 2. The number of amides is 3. The molecule has 3 aromatic carbocycles. The Morgan fingerprint density at radius 3 is 2.09 bits per heavy atom. The molecule has 10 heteroatoms. The number of para-hydroxylation sites is 2. The molecular weight excluding hydrogens is 570 g/mol. The van der Waals surface area contributed by atoms with Gasteiger partial charge in [-0.25, -0.2) is 4.79 Å². The Morgan fingerprint density at radius 1 is 0.907 bits per heavy atom. The Hall–Kier alpha value is -4.24. The second-order valence-corrected chi connectivity index (χ2v) is 12.7. The van der Waals surface area contributed by atoms with Gasteiger partial charge in [-0.3, -0.25) is 9.59 Å². The van der Waals surface area contributed by atoms with Crippen LogP contribution in [0.15, 0.2) is 66.7 Å². The molecule has 230 valence electrons. The molecular formula is C33H40ClN3O6. The monoisotopic (exact) mass is 609 g/mol. The Labute approximate surface area is 257 Å². The number of anilines is 1. The van der Waals surface area contributed by atoms with E-state index >= 15 is 0 Å². The summed E-state index contributed by atoms with van der Waals surface area (Å²) >= 11 is 6.43. The lowest BCUT2D eigenvalue weighted by molar-refractivity contribution is -0.146. The van der Waals surface area contributed by atoms with Crippen molar-refractivity contribution in [3.63, 3.8) is 0 Å². The Morgan fingerprint density at radius 2 is 1.53 bits per heavy atom. The molecule has 9 nitrogen and oxygen atoms in total. The molecule has 0 radical (unpaired) electrons. The quantitative estimate of drug-likeness (QED) is 0.231. The molecule has 0 heterocycles. The zero-order valence-corrected chi connectivity index (χ0v) is 26.3. The third-order valence-corrected chi connectivity index (χ3v) is 6.85. The van der Waals surface area contributed by atoms with Crippen molar-refractivity contribution in [2.45, 2.75) is 78.1 Å². The average molecular weight is 610 g/mol. The number of carbonyl (C=O) groups excluding carboxylic acids is 3. The number of benzene rings is 3. The summed E-state index contributed by atoms with van der Waals surface area (Å²) in [5.74, 6) is -1.34. The van der Waals surface area contributed by atoms with E-state index in [-0.39, 0.29) is 23.5 Å². The van der Waals surface area contributed by atoms with E-state index in [2.05, 4.69) is 10.6 Å². The van der Waals surface area contributed by atoms with Crippen LogP contribution in [0, 0.1) is 6.92 Å². The van der Waals surface area contributed by atoms with Crippen LogP contribution in [0.5, 0.6) is 11.5 Å². The van der Waals surface area contributed by atoms with Gasteiger partial charge >= 0.3 is 6.09 Å². The second-order valence-electron chi connectivity index (χ2n) is 12.3. The number of nitrogens with one attached hydrogen (secondary N) is 2. The lowest BCUT2D eigenvalue weighted by Gasteiger charge is -2.43. The molecule has 0 saturated heterocycles. The summed E-state index contributed by atoms with van der Waals surface area (Å²) in [5, 5.41) is 26.6. The van der Waals surface area contributed by atoms with Gasteiger partial charge in [-0.1, -0.05) is 54.1 Å². The van der Waals surface area contributed by atoms with Gasteiger partial charge in [0.15, 0.2) is 0 Å². The molecule has 3 amide bonds. The van der Waals surface area contributed by atoms with E-state index in [4.69, 9.17) is 16.3 Å². The summed E-state index contributed by atoms with van der Waals surface area (Å²) < 4.78 is 5.46. The first-order chi connectivity index (χ1) is 20.0. The minimum absolute atomic E-state index is 0.0314. The summed E-state index contributed by atoms with van der Waals surface area (Å²) in [6, 6.07) is 15.2. The molecule has 2 atom stereocenters. The predicted octanol–water partition coefficient (Wildman–Crippen LogP) is 6.50. The zero-order valence-electron chi connectivity index (χ0n) is 25.6. The van der Waals surface area contributed by atoms with E-state index in [0.29, 0.717) is 21.8 Å². The third kappa shape index (κ3) is 8.88. The van der Waals surface area contributed by atoms with E-state index in [0.717, 1.165) is 0 Å². The van der Waals surface area contributed by atoms with Gasteiger partial charge in [-0.2, -0.15) is 0 Å². The highest BCUT2D eigenvalue weighted by Gasteiger charge is 2.43. The molecule has 0 aliphatic heterocycles. The smallest absolute Gasteiger partial charge is 0.408 e. The van der Waals surface area contributed by atoms with Crippen molar-refractivity contribution in [3.8, 4) is 11.5 Å². The molecule has 0 fully saturated rings. The topological polar surface area (TPSA) is 128 Å². The van der Waals surface area contributed by atoms with Crippen LogP contribution in [0.1, 0.15) is 64.3 Å². The number of aryl methyl sites for hydroxylation is 1. The largest absolute Gasteiger partial charge is 0.508 e. The molecule has 4 N–H and O–H groups in total. The maximum atomic E-state index is 14.6. The number of alkyl carbamates (subject to hydrolysis) is 1. The van der Waals surface area contributed by atoms with Crippen LogP contribution >= 0.6 is 11.6 Å². The summed E-state index contributed by atoms with van der Waals surface area (Å²) in [6.07, 6.45) is -0.780. The number of hydrogen-bond acceptors (Lipinski definition) is 6. The first-order valence-electron chi connectivity index (χ1n) is 13.9. The van der Waals surface area contributed by atoms with Crippen LogP contribution in [0.3, 0.4) is 0 Å². The number of carbonyl (C=O) groups is 3. The molecule has 2 unspecified atom stereocenters. The fourth-order valence-corrected chi connectivity index (χ4v) is 4.90. The maximum absolute atomic E-state index is 14.6. The minimum atomic E-state index is -1.33. The van der Waals surface area contributed by atoms with Crippen LogP contribution in [0.2, 0.25) is 5.02 Å². The fourth-order valence-electron chi connectivity index (χ4n) is 4.63. The Bertz CT molecular complexity index is 1440. The molecule has 0 aliphatic carbocycles. The van der Waals surface area contributed by atoms with Crippen molar-refractivity contribution in [2.24, 2.45) is 0 Å². The first kappa shape index (κ1) is 33.3. The standard InChI is InChI=1S/C33H40ClN3O6/c1-20-11-10-13-24(34)27(20)36-29(40)28(23-12-8-9-14-26(23)39)37(32(2,3)4)30(41)25(35-31(42)43-33(5,6)7)19-21-15-17-22(38)18-16-21/h8-18,25,28,38-39H,19H2,1-7H3,(H,35,42)(H,36,40). The number of hydrogen-bond donors (Lipinski definition) is 4. The zero-order chi connectivity index (χ0) is 32.1.